The summed E-state index contributed by atoms with van der Waals surface area (Å²) in [5, 5.41) is 8.62. The molecule has 4 aromatic rings. The van der Waals surface area contributed by atoms with Gasteiger partial charge in [0.15, 0.2) is 0 Å². The average molecular weight is 495 g/mol. The largest absolute Gasteiger partial charge is 0.371 e. The van der Waals surface area contributed by atoms with E-state index in [1.165, 1.54) is 22.2 Å². The fourth-order valence-electron chi connectivity index (χ4n) is 5.29. The summed E-state index contributed by atoms with van der Waals surface area (Å²) in [6.07, 6.45) is 4.83. The van der Waals surface area contributed by atoms with Gasteiger partial charge in [-0.2, -0.15) is 0 Å². The van der Waals surface area contributed by atoms with Gasteiger partial charge in [-0.3, -0.25) is 0 Å². The molecule has 0 radical (unpaired) electrons. The molecule has 0 saturated carbocycles. The minimum absolute atomic E-state index is 0.145. The van der Waals surface area contributed by atoms with E-state index in [4.69, 9.17) is 4.98 Å². The van der Waals surface area contributed by atoms with E-state index in [2.05, 4.69) is 102 Å². The zero-order valence-electron chi connectivity index (χ0n) is 22.7. The zero-order chi connectivity index (χ0) is 26.0. The van der Waals surface area contributed by atoms with Crippen LogP contribution >= 0.6 is 0 Å². The molecule has 1 fully saturated rings. The van der Waals surface area contributed by atoms with E-state index in [1.807, 2.05) is 19.2 Å². The SMILES string of the molecule is Cc1ccnc(Cc2ccc(Nc3nc4ccccc4c(N4CCC(NC(C)(C)C)CC4)c3C)cc2)n1. The van der Waals surface area contributed by atoms with Gasteiger partial charge in [0, 0.05) is 59.6 Å². The number of anilines is 3. The molecule has 2 N–H and O–H groups in total. The molecule has 5 rings (SSSR count). The van der Waals surface area contributed by atoms with Crippen molar-refractivity contribution in [1.29, 1.82) is 0 Å². The third-order valence-corrected chi connectivity index (χ3v) is 6.97. The van der Waals surface area contributed by atoms with Crippen molar-refractivity contribution in [2.75, 3.05) is 23.3 Å². The lowest BCUT2D eigenvalue weighted by Gasteiger charge is -2.38. The molecule has 0 amide bonds. The van der Waals surface area contributed by atoms with Crippen LogP contribution in [0.5, 0.6) is 0 Å². The average Bonchev–Trinajstić information content (AvgIpc) is 2.86. The van der Waals surface area contributed by atoms with Crippen molar-refractivity contribution in [3.05, 3.63) is 83.4 Å². The number of aryl methyl sites for hydroxylation is 1. The van der Waals surface area contributed by atoms with Crippen LogP contribution in [-0.4, -0.2) is 39.6 Å². The van der Waals surface area contributed by atoms with Crippen molar-refractivity contribution in [2.24, 2.45) is 0 Å². The quantitative estimate of drug-likeness (QED) is 0.326. The Balaban J connectivity index is 1.37. The van der Waals surface area contributed by atoms with Crippen LogP contribution in [0.3, 0.4) is 0 Å². The molecular formula is C31H38N6. The van der Waals surface area contributed by atoms with Gasteiger partial charge >= 0.3 is 0 Å². The van der Waals surface area contributed by atoms with Crippen molar-refractivity contribution >= 4 is 28.1 Å². The standard InChI is InChI=1S/C31H38N6/c1-21-14-17-32-28(33-21)20-23-10-12-24(13-11-23)34-30-22(2)29(26-8-6-7-9-27(26)35-30)37-18-15-25(16-19-37)36-31(3,4)5/h6-14,17,25,36H,15-16,18-20H2,1-5H3,(H,34,35). The predicted octanol–water partition coefficient (Wildman–Crippen LogP) is 6.33. The predicted molar refractivity (Wildman–Crippen MR) is 154 cm³/mol. The van der Waals surface area contributed by atoms with Gasteiger partial charge in [0.05, 0.1) is 11.2 Å². The van der Waals surface area contributed by atoms with Crippen molar-refractivity contribution in [3.8, 4) is 0 Å². The topological polar surface area (TPSA) is 66.0 Å². The fraction of sp³-hybridized carbons (Fsp3) is 0.387. The number of piperidine rings is 1. The van der Waals surface area contributed by atoms with Crippen LogP contribution in [0.2, 0.25) is 0 Å². The first-order valence-corrected chi connectivity index (χ1v) is 13.3. The first-order valence-electron chi connectivity index (χ1n) is 13.3. The molecule has 3 heterocycles. The molecule has 1 saturated heterocycles. The number of benzene rings is 2. The molecule has 2 aromatic carbocycles. The van der Waals surface area contributed by atoms with Gasteiger partial charge in [0.2, 0.25) is 0 Å². The molecular weight excluding hydrogens is 456 g/mol. The highest BCUT2D eigenvalue weighted by molar-refractivity contribution is 5.96. The molecule has 6 nitrogen and oxygen atoms in total. The van der Waals surface area contributed by atoms with E-state index in [9.17, 15) is 0 Å². The maximum atomic E-state index is 5.02. The number of fused-ring (bicyclic) bond motifs is 1. The number of hydrogen-bond donors (Lipinski definition) is 2. The number of pyridine rings is 1. The van der Waals surface area contributed by atoms with Crippen LogP contribution in [0.25, 0.3) is 10.9 Å². The van der Waals surface area contributed by atoms with E-state index >= 15 is 0 Å². The van der Waals surface area contributed by atoms with E-state index in [0.29, 0.717) is 6.04 Å². The van der Waals surface area contributed by atoms with Gasteiger partial charge in [-0.15, -0.1) is 0 Å². The first-order chi connectivity index (χ1) is 17.7. The van der Waals surface area contributed by atoms with Gasteiger partial charge in [0.25, 0.3) is 0 Å². The molecule has 1 aliphatic heterocycles. The molecule has 192 valence electrons. The Morgan fingerprint density at radius 1 is 0.919 bits per heavy atom. The van der Waals surface area contributed by atoms with Crippen LogP contribution in [0.15, 0.2) is 60.8 Å². The monoisotopic (exact) mass is 494 g/mol. The molecule has 0 aliphatic carbocycles. The Kier molecular flexibility index (Phi) is 7.11. The summed E-state index contributed by atoms with van der Waals surface area (Å²) in [4.78, 5) is 16.5. The molecule has 2 aromatic heterocycles. The Bertz CT molecular complexity index is 1370. The highest BCUT2D eigenvalue weighted by Gasteiger charge is 2.25. The van der Waals surface area contributed by atoms with Gasteiger partial charge in [-0.1, -0.05) is 30.3 Å². The lowest BCUT2D eigenvalue weighted by Crippen LogP contribution is -2.49. The van der Waals surface area contributed by atoms with Crippen LogP contribution < -0.4 is 15.5 Å². The number of para-hydroxylation sites is 1. The van der Waals surface area contributed by atoms with Gasteiger partial charge in [-0.25, -0.2) is 15.0 Å². The summed E-state index contributed by atoms with van der Waals surface area (Å²) in [7, 11) is 0. The van der Waals surface area contributed by atoms with E-state index < -0.39 is 0 Å². The van der Waals surface area contributed by atoms with Gasteiger partial charge < -0.3 is 15.5 Å². The molecule has 6 heteroatoms. The Hall–Kier alpha value is -3.51. The fourth-order valence-corrected chi connectivity index (χ4v) is 5.29. The number of aromatic nitrogens is 3. The third kappa shape index (κ3) is 6.08. The highest BCUT2D eigenvalue weighted by atomic mass is 15.2. The van der Waals surface area contributed by atoms with Crippen LogP contribution in [0.4, 0.5) is 17.2 Å². The molecule has 0 bridgehead atoms. The molecule has 0 unspecified atom stereocenters. The number of nitrogens with zero attached hydrogens (tertiary/aromatic N) is 4. The molecule has 0 atom stereocenters. The Morgan fingerprint density at radius 2 is 1.65 bits per heavy atom. The minimum atomic E-state index is 0.145. The summed E-state index contributed by atoms with van der Waals surface area (Å²) in [6.45, 7) is 13.0. The van der Waals surface area contributed by atoms with Crippen molar-refractivity contribution < 1.29 is 0 Å². The lowest BCUT2D eigenvalue weighted by atomic mass is 9.98. The maximum Gasteiger partial charge on any atom is 0.136 e. The third-order valence-electron chi connectivity index (χ3n) is 6.97. The number of rotatable bonds is 6. The second-order valence-electron chi connectivity index (χ2n) is 11.2. The second kappa shape index (κ2) is 10.5. The summed E-state index contributed by atoms with van der Waals surface area (Å²) in [5.74, 6) is 1.76. The van der Waals surface area contributed by atoms with Crippen LogP contribution in [0.1, 0.15) is 56.3 Å². The minimum Gasteiger partial charge on any atom is -0.371 e. The first kappa shape index (κ1) is 25.2. The maximum absolute atomic E-state index is 5.02. The van der Waals surface area contributed by atoms with Crippen LogP contribution in [0, 0.1) is 13.8 Å². The Morgan fingerprint density at radius 3 is 2.35 bits per heavy atom. The van der Waals surface area contributed by atoms with E-state index in [-0.39, 0.29) is 5.54 Å². The molecule has 0 spiro atoms. The smallest absolute Gasteiger partial charge is 0.136 e. The summed E-state index contributed by atoms with van der Waals surface area (Å²) >= 11 is 0. The lowest BCUT2D eigenvalue weighted by molar-refractivity contribution is 0.317. The van der Waals surface area contributed by atoms with Crippen molar-refractivity contribution in [2.45, 2.75) is 65.5 Å². The summed E-state index contributed by atoms with van der Waals surface area (Å²) < 4.78 is 0. The van der Waals surface area contributed by atoms with E-state index in [1.54, 1.807) is 0 Å². The summed E-state index contributed by atoms with van der Waals surface area (Å²) in [6, 6.07) is 19.5. The highest BCUT2D eigenvalue weighted by Crippen LogP contribution is 2.36. The normalized spacial score (nSPS) is 14.8. The van der Waals surface area contributed by atoms with E-state index in [0.717, 1.165) is 60.9 Å². The molecule has 1 aliphatic rings. The zero-order valence-corrected chi connectivity index (χ0v) is 22.7. The van der Waals surface area contributed by atoms with Gasteiger partial charge in [-0.05, 0) is 77.3 Å². The molecule has 37 heavy (non-hydrogen) atoms. The second-order valence-corrected chi connectivity index (χ2v) is 11.2. The Labute approximate surface area is 220 Å². The number of nitrogens with one attached hydrogen (secondary N) is 2. The van der Waals surface area contributed by atoms with Crippen molar-refractivity contribution in [1.82, 2.24) is 20.3 Å². The summed E-state index contributed by atoms with van der Waals surface area (Å²) in [5.41, 5.74) is 6.87. The van der Waals surface area contributed by atoms with Gasteiger partial charge in [0.1, 0.15) is 11.6 Å². The van der Waals surface area contributed by atoms with Crippen molar-refractivity contribution in [3.63, 3.8) is 0 Å². The number of hydrogen-bond acceptors (Lipinski definition) is 6. The van der Waals surface area contributed by atoms with Crippen LogP contribution in [-0.2, 0) is 6.42 Å².